The average Bonchev–Trinajstić information content (AvgIpc) is 2.07. The molecule has 0 aliphatic heterocycles. The van der Waals surface area contributed by atoms with Crippen LogP contribution in [0.5, 0.6) is 0 Å². The molecule has 1 aromatic rings. The minimum absolute atomic E-state index is 0.734. The van der Waals surface area contributed by atoms with Crippen LogP contribution in [0.3, 0.4) is 0 Å². The zero-order valence-electron chi connectivity index (χ0n) is 6.37. The Balaban J connectivity index is 2.74. The molecular formula is C8H10N2O. The summed E-state index contributed by atoms with van der Waals surface area (Å²) < 4.78 is 0. The van der Waals surface area contributed by atoms with Gasteiger partial charge >= 0.3 is 0 Å². The van der Waals surface area contributed by atoms with Gasteiger partial charge in [-0.25, -0.2) is 5.43 Å². The van der Waals surface area contributed by atoms with E-state index in [-0.39, 0.29) is 0 Å². The summed E-state index contributed by atoms with van der Waals surface area (Å²) in [5.41, 5.74) is 4.31. The molecule has 0 aliphatic carbocycles. The van der Waals surface area contributed by atoms with Crippen LogP contribution >= 0.6 is 0 Å². The van der Waals surface area contributed by atoms with Gasteiger partial charge < -0.3 is 0 Å². The van der Waals surface area contributed by atoms with Crippen LogP contribution in [0, 0.1) is 4.91 Å². The van der Waals surface area contributed by atoms with E-state index in [0.29, 0.717) is 0 Å². The number of nitrogens with one attached hydrogen (secondary N) is 1. The highest BCUT2D eigenvalue weighted by Gasteiger charge is 1.89. The Hall–Kier alpha value is -1.38. The third-order valence-electron chi connectivity index (χ3n) is 1.54. The predicted octanol–water partition coefficient (Wildman–Crippen LogP) is 2.34. The molecule has 0 radical (unpaired) electrons. The molecular weight excluding hydrogens is 140 g/mol. The lowest BCUT2D eigenvalue weighted by atomic mass is 10.2. The molecule has 1 rings (SSSR count). The van der Waals surface area contributed by atoms with E-state index in [4.69, 9.17) is 0 Å². The first-order valence-electron chi connectivity index (χ1n) is 3.54. The maximum Gasteiger partial charge on any atom is 0.0594 e. The molecule has 3 heteroatoms. The summed E-state index contributed by atoms with van der Waals surface area (Å²) in [5.74, 6) is 0. The van der Waals surface area contributed by atoms with Crippen LogP contribution in [0.4, 0.5) is 5.69 Å². The SMILES string of the molecule is CCc1ccc(NN=O)cc1. The number of hydrogen-bond acceptors (Lipinski definition) is 2. The molecule has 0 aliphatic rings. The van der Waals surface area contributed by atoms with Crippen LogP contribution in [0.2, 0.25) is 0 Å². The second-order valence-corrected chi connectivity index (χ2v) is 2.25. The molecule has 0 saturated heterocycles. The zero-order chi connectivity index (χ0) is 8.10. The quantitative estimate of drug-likeness (QED) is 0.530. The van der Waals surface area contributed by atoms with Gasteiger partial charge in [-0.2, -0.15) is 0 Å². The third kappa shape index (κ3) is 2.04. The highest BCUT2D eigenvalue weighted by atomic mass is 16.3. The first-order chi connectivity index (χ1) is 5.36. The number of nitroso groups, excluding NO2 is 1. The van der Waals surface area contributed by atoms with Crippen molar-refractivity contribution in [3.05, 3.63) is 34.7 Å². The fraction of sp³-hybridized carbons (Fsp3) is 0.250. The minimum atomic E-state index is 0.734. The van der Waals surface area contributed by atoms with E-state index in [1.807, 2.05) is 24.3 Å². The van der Waals surface area contributed by atoms with Crippen molar-refractivity contribution in [2.45, 2.75) is 13.3 Å². The lowest BCUT2D eigenvalue weighted by Crippen LogP contribution is -1.86. The number of anilines is 1. The van der Waals surface area contributed by atoms with Gasteiger partial charge in [-0.1, -0.05) is 19.1 Å². The van der Waals surface area contributed by atoms with E-state index >= 15 is 0 Å². The Morgan fingerprint density at radius 2 is 2.00 bits per heavy atom. The molecule has 58 valence electrons. The molecule has 11 heavy (non-hydrogen) atoms. The molecule has 0 atom stereocenters. The van der Waals surface area contributed by atoms with E-state index in [2.05, 4.69) is 17.6 Å². The van der Waals surface area contributed by atoms with Gasteiger partial charge in [0, 0.05) is 0 Å². The maximum atomic E-state index is 9.77. The molecule has 1 aromatic carbocycles. The van der Waals surface area contributed by atoms with Crippen LogP contribution in [0.15, 0.2) is 29.6 Å². The Labute approximate surface area is 65.4 Å². The smallest absolute Gasteiger partial charge is 0.0594 e. The standard InChI is InChI=1S/C8H10N2O/c1-2-7-3-5-8(6-4-7)9-10-11/h3-6H,2H2,1H3,(H,9,11). The Morgan fingerprint density at radius 1 is 1.36 bits per heavy atom. The van der Waals surface area contributed by atoms with Gasteiger partial charge in [0.25, 0.3) is 0 Å². The van der Waals surface area contributed by atoms with Crippen LogP contribution in [0.25, 0.3) is 0 Å². The molecule has 0 bridgehead atoms. The van der Waals surface area contributed by atoms with Crippen molar-refractivity contribution in [1.82, 2.24) is 0 Å². The van der Waals surface area contributed by atoms with E-state index in [1.54, 1.807) is 0 Å². The first kappa shape index (κ1) is 7.72. The van der Waals surface area contributed by atoms with E-state index in [0.717, 1.165) is 12.1 Å². The second-order valence-electron chi connectivity index (χ2n) is 2.25. The highest BCUT2D eigenvalue weighted by molar-refractivity contribution is 5.43. The van der Waals surface area contributed by atoms with E-state index in [1.165, 1.54) is 5.56 Å². The fourth-order valence-electron chi connectivity index (χ4n) is 0.868. The topological polar surface area (TPSA) is 41.5 Å². The number of benzene rings is 1. The molecule has 0 unspecified atom stereocenters. The van der Waals surface area contributed by atoms with Crippen molar-refractivity contribution >= 4 is 5.69 Å². The molecule has 0 fully saturated rings. The van der Waals surface area contributed by atoms with Crippen LogP contribution < -0.4 is 5.43 Å². The van der Waals surface area contributed by atoms with Gasteiger partial charge in [-0.05, 0) is 24.1 Å². The zero-order valence-corrected chi connectivity index (χ0v) is 6.37. The average molecular weight is 150 g/mol. The molecule has 1 N–H and O–H groups in total. The number of hydrogen-bond donors (Lipinski definition) is 1. The lowest BCUT2D eigenvalue weighted by Gasteiger charge is -1.97. The van der Waals surface area contributed by atoms with Gasteiger partial charge in [-0.3, -0.25) is 0 Å². The lowest BCUT2D eigenvalue weighted by molar-refractivity contribution is 1.14. The second kappa shape index (κ2) is 3.71. The summed E-state index contributed by atoms with van der Waals surface area (Å²) >= 11 is 0. The van der Waals surface area contributed by atoms with Crippen molar-refractivity contribution < 1.29 is 0 Å². The van der Waals surface area contributed by atoms with Crippen molar-refractivity contribution in [2.75, 3.05) is 5.43 Å². The summed E-state index contributed by atoms with van der Waals surface area (Å²) in [4.78, 5) is 9.77. The largest absolute Gasteiger partial charge is 0.242 e. The predicted molar refractivity (Wildman–Crippen MR) is 45.2 cm³/mol. The highest BCUT2D eigenvalue weighted by Crippen LogP contribution is 2.09. The summed E-state index contributed by atoms with van der Waals surface area (Å²) in [6.45, 7) is 2.08. The summed E-state index contributed by atoms with van der Waals surface area (Å²) in [7, 11) is 0. The molecule has 0 saturated carbocycles. The minimum Gasteiger partial charge on any atom is -0.242 e. The fourth-order valence-corrected chi connectivity index (χ4v) is 0.868. The van der Waals surface area contributed by atoms with Crippen LogP contribution in [0.1, 0.15) is 12.5 Å². The summed E-state index contributed by atoms with van der Waals surface area (Å²) in [6.07, 6.45) is 1.01. The molecule has 3 nitrogen and oxygen atoms in total. The third-order valence-corrected chi connectivity index (χ3v) is 1.54. The van der Waals surface area contributed by atoms with Gasteiger partial charge in [-0.15, -0.1) is 4.91 Å². The monoisotopic (exact) mass is 150 g/mol. The van der Waals surface area contributed by atoms with Crippen molar-refractivity contribution in [1.29, 1.82) is 0 Å². The van der Waals surface area contributed by atoms with E-state index in [9.17, 15) is 4.91 Å². The Bertz CT molecular complexity index is 230. The Morgan fingerprint density at radius 3 is 2.45 bits per heavy atom. The number of aryl methyl sites for hydroxylation is 1. The maximum absolute atomic E-state index is 9.77. The molecule has 0 amide bonds. The number of rotatable bonds is 3. The number of nitrogens with zero attached hydrogens (tertiary/aromatic N) is 1. The van der Waals surface area contributed by atoms with Gasteiger partial charge in [0.2, 0.25) is 0 Å². The summed E-state index contributed by atoms with van der Waals surface area (Å²) in [5, 5.41) is 2.56. The van der Waals surface area contributed by atoms with Crippen molar-refractivity contribution in [3.8, 4) is 0 Å². The molecule has 0 aromatic heterocycles. The van der Waals surface area contributed by atoms with Crippen molar-refractivity contribution in [2.24, 2.45) is 5.29 Å². The van der Waals surface area contributed by atoms with Gasteiger partial charge in [0.05, 0.1) is 11.0 Å². The molecule has 0 heterocycles. The van der Waals surface area contributed by atoms with E-state index < -0.39 is 0 Å². The van der Waals surface area contributed by atoms with Crippen molar-refractivity contribution in [3.63, 3.8) is 0 Å². The first-order valence-corrected chi connectivity index (χ1v) is 3.54. The van der Waals surface area contributed by atoms with Gasteiger partial charge in [0.15, 0.2) is 0 Å². The van der Waals surface area contributed by atoms with Crippen LogP contribution in [-0.4, -0.2) is 0 Å². The van der Waals surface area contributed by atoms with Gasteiger partial charge in [0.1, 0.15) is 0 Å². The molecule has 0 spiro atoms. The van der Waals surface area contributed by atoms with Crippen LogP contribution in [-0.2, 0) is 6.42 Å². The normalized spacial score (nSPS) is 9.18. The summed E-state index contributed by atoms with van der Waals surface area (Å²) in [6, 6.07) is 7.60. The Kier molecular flexibility index (Phi) is 2.60.